The number of nitriles is 1. The van der Waals surface area contributed by atoms with E-state index in [9.17, 15) is 8.42 Å². The fraction of sp³-hybridized carbons (Fsp3) is 0.462. The monoisotopic (exact) mass is 357 g/mol. The molecule has 2 rings (SSSR count). The maximum absolute atomic E-state index is 12.2. The number of hydrogen-bond acceptors (Lipinski definition) is 4. The summed E-state index contributed by atoms with van der Waals surface area (Å²) in [5.74, 6) is 0.320. The summed E-state index contributed by atoms with van der Waals surface area (Å²) < 4.78 is 27.7. The highest BCUT2D eigenvalue weighted by Crippen LogP contribution is 2.19. The standard InChI is InChI=1S/C13H16BrN3O2S/c14-12-4-11(7-15)5-13(6-12)20(18,19)17-9-10-2-1-3-16-8-10/h4-6,10,16-17H,1-3,8-9H2. The van der Waals surface area contributed by atoms with Crippen molar-refractivity contribution in [1.82, 2.24) is 10.0 Å². The predicted octanol–water partition coefficient (Wildman–Crippen LogP) is 1.60. The summed E-state index contributed by atoms with van der Waals surface area (Å²) in [4.78, 5) is 0.118. The Morgan fingerprint density at radius 3 is 2.90 bits per heavy atom. The Balaban J connectivity index is 2.10. The van der Waals surface area contributed by atoms with Crippen LogP contribution < -0.4 is 10.0 Å². The van der Waals surface area contributed by atoms with Crippen molar-refractivity contribution in [3.8, 4) is 6.07 Å². The van der Waals surface area contributed by atoms with Gasteiger partial charge in [0.1, 0.15) is 0 Å². The van der Waals surface area contributed by atoms with Gasteiger partial charge >= 0.3 is 0 Å². The van der Waals surface area contributed by atoms with Crippen molar-refractivity contribution in [1.29, 1.82) is 5.26 Å². The van der Waals surface area contributed by atoms with Crippen LogP contribution in [0.15, 0.2) is 27.6 Å². The highest BCUT2D eigenvalue weighted by molar-refractivity contribution is 9.10. The Hall–Kier alpha value is -0.940. The average molecular weight is 358 g/mol. The van der Waals surface area contributed by atoms with Gasteiger partial charge in [-0.25, -0.2) is 13.1 Å². The van der Waals surface area contributed by atoms with Gasteiger partial charge in [0.25, 0.3) is 0 Å². The van der Waals surface area contributed by atoms with Crippen LogP contribution >= 0.6 is 15.9 Å². The van der Waals surface area contributed by atoms with Gasteiger partial charge in [-0.05, 0) is 50.0 Å². The van der Waals surface area contributed by atoms with Gasteiger partial charge in [0.05, 0.1) is 16.5 Å². The van der Waals surface area contributed by atoms with Crippen LogP contribution in [0.25, 0.3) is 0 Å². The van der Waals surface area contributed by atoms with Crippen LogP contribution in [0.4, 0.5) is 0 Å². The normalized spacial score (nSPS) is 19.5. The average Bonchev–Trinajstić information content (AvgIpc) is 2.45. The van der Waals surface area contributed by atoms with Gasteiger partial charge in [0.2, 0.25) is 10.0 Å². The zero-order valence-electron chi connectivity index (χ0n) is 10.9. The first-order valence-electron chi connectivity index (χ1n) is 6.42. The molecule has 0 amide bonds. The predicted molar refractivity (Wildman–Crippen MR) is 79.6 cm³/mol. The van der Waals surface area contributed by atoms with E-state index in [1.54, 1.807) is 6.07 Å². The van der Waals surface area contributed by atoms with Crippen molar-refractivity contribution in [3.05, 3.63) is 28.2 Å². The molecule has 0 aromatic heterocycles. The number of rotatable bonds is 4. The zero-order chi connectivity index (χ0) is 14.6. The number of nitrogens with one attached hydrogen (secondary N) is 2. The van der Waals surface area contributed by atoms with Gasteiger partial charge in [0, 0.05) is 11.0 Å². The first kappa shape index (κ1) is 15.4. The van der Waals surface area contributed by atoms with Crippen LogP contribution in [0.5, 0.6) is 0 Å². The summed E-state index contributed by atoms with van der Waals surface area (Å²) in [6.45, 7) is 2.26. The lowest BCUT2D eigenvalue weighted by molar-refractivity contribution is 0.376. The van der Waals surface area contributed by atoms with Crippen LogP contribution in [-0.4, -0.2) is 28.1 Å². The van der Waals surface area contributed by atoms with Crippen LogP contribution in [0.1, 0.15) is 18.4 Å². The van der Waals surface area contributed by atoms with Crippen molar-refractivity contribution >= 4 is 26.0 Å². The molecule has 0 bridgehead atoms. The molecule has 108 valence electrons. The summed E-state index contributed by atoms with van der Waals surface area (Å²) >= 11 is 3.22. The van der Waals surface area contributed by atoms with Gasteiger partial charge in [-0.15, -0.1) is 0 Å². The molecule has 1 aliphatic heterocycles. The Morgan fingerprint density at radius 2 is 2.25 bits per heavy atom. The number of nitrogens with zero attached hydrogens (tertiary/aromatic N) is 1. The fourth-order valence-corrected chi connectivity index (χ4v) is 4.02. The summed E-state index contributed by atoms with van der Waals surface area (Å²) in [5, 5.41) is 12.1. The molecule has 0 aliphatic carbocycles. The summed E-state index contributed by atoms with van der Waals surface area (Å²) in [7, 11) is -3.57. The smallest absolute Gasteiger partial charge is 0.240 e. The van der Waals surface area contributed by atoms with Crippen molar-refractivity contribution in [2.45, 2.75) is 17.7 Å². The van der Waals surface area contributed by atoms with Gasteiger partial charge in [-0.3, -0.25) is 0 Å². The highest BCUT2D eigenvalue weighted by atomic mass is 79.9. The minimum atomic E-state index is -3.57. The lowest BCUT2D eigenvalue weighted by atomic mass is 10.0. The molecule has 2 N–H and O–H groups in total. The summed E-state index contributed by atoms with van der Waals surface area (Å²) in [6, 6.07) is 6.42. The number of hydrogen-bond donors (Lipinski definition) is 2. The molecule has 20 heavy (non-hydrogen) atoms. The maximum atomic E-state index is 12.2. The Bertz CT molecular complexity index is 619. The summed E-state index contributed by atoms with van der Waals surface area (Å²) in [5.41, 5.74) is 0.319. The highest BCUT2D eigenvalue weighted by Gasteiger charge is 2.19. The lowest BCUT2D eigenvalue weighted by Crippen LogP contribution is -2.38. The Labute approximate surface area is 127 Å². The zero-order valence-corrected chi connectivity index (χ0v) is 13.3. The first-order chi connectivity index (χ1) is 9.51. The van der Waals surface area contributed by atoms with Crippen molar-refractivity contribution < 1.29 is 8.42 Å². The largest absolute Gasteiger partial charge is 0.316 e. The number of sulfonamides is 1. The van der Waals surface area contributed by atoms with Crippen LogP contribution in [0, 0.1) is 17.2 Å². The van der Waals surface area contributed by atoms with E-state index in [1.165, 1.54) is 12.1 Å². The molecular formula is C13H16BrN3O2S. The van der Waals surface area contributed by atoms with E-state index in [2.05, 4.69) is 26.0 Å². The van der Waals surface area contributed by atoms with E-state index in [1.807, 2.05) is 6.07 Å². The molecule has 1 saturated heterocycles. The van der Waals surface area contributed by atoms with Crippen molar-refractivity contribution in [2.75, 3.05) is 19.6 Å². The number of halogens is 1. The molecule has 1 aliphatic rings. The van der Waals surface area contributed by atoms with Crippen molar-refractivity contribution in [3.63, 3.8) is 0 Å². The molecule has 0 radical (unpaired) electrons. The minimum Gasteiger partial charge on any atom is -0.316 e. The third kappa shape index (κ3) is 4.03. The SMILES string of the molecule is N#Cc1cc(Br)cc(S(=O)(=O)NCC2CCCNC2)c1. The fourth-order valence-electron chi connectivity index (χ4n) is 2.19. The number of benzene rings is 1. The van der Waals surface area contributed by atoms with Gasteiger partial charge in [0.15, 0.2) is 0 Å². The molecule has 0 spiro atoms. The molecule has 5 nitrogen and oxygen atoms in total. The van der Waals surface area contributed by atoms with E-state index < -0.39 is 10.0 Å². The minimum absolute atomic E-state index is 0.118. The van der Waals surface area contributed by atoms with Gasteiger partial charge < -0.3 is 5.32 Å². The van der Waals surface area contributed by atoms with E-state index in [-0.39, 0.29) is 4.90 Å². The first-order valence-corrected chi connectivity index (χ1v) is 8.70. The van der Waals surface area contributed by atoms with Crippen LogP contribution in [0.3, 0.4) is 0 Å². The van der Waals surface area contributed by atoms with E-state index in [4.69, 9.17) is 5.26 Å². The maximum Gasteiger partial charge on any atom is 0.240 e. The quantitative estimate of drug-likeness (QED) is 0.857. The van der Waals surface area contributed by atoms with Gasteiger partial charge in [-0.2, -0.15) is 5.26 Å². The lowest BCUT2D eigenvalue weighted by Gasteiger charge is -2.22. The van der Waals surface area contributed by atoms with Crippen molar-refractivity contribution in [2.24, 2.45) is 5.92 Å². The van der Waals surface area contributed by atoms with Crippen LogP contribution in [-0.2, 0) is 10.0 Å². The third-order valence-electron chi connectivity index (χ3n) is 3.27. The Kier molecular flexibility index (Phi) is 5.16. The second kappa shape index (κ2) is 6.68. The second-order valence-corrected chi connectivity index (χ2v) is 7.53. The third-order valence-corrected chi connectivity index (χ3v) is 5.13. The topological polar surface area (TPSA) is 82.0 Å². The molecule has 1 aromatic rings. The second-order valence-electron chi connectivity index (χ2n) is 4.85. The molecule has 1 atom stereocenters. The molecule has 0 saturated carbocycles. The summed E-state index contributed by atoms with van der Waals surface area (Å²) in [6.07, 6.45) is 2.10. The number of piperidine rings is 1. The van der Waals surface area contributed by atoms with E-state index in [0.29, 0.717) is 22.5 Å². The molecule has 1 unspecified atom stereocenters. The van der Waals surface area contributed by atoms with E-state index in [0.717, 1.165) is 25.9 Å². The molecule has 7 heteroatoms. The van der Waals surface area contributed by atoms with Gasteiger partial charge in [-0.1, -0.05) is 15.9 Å². The molecule has 1 heterocycles. The molecular weight excluding hydrogens is 342 g/mol. The van der Waals surface area contributed by atoms with E-state index >= 15 is 0 Å². The molecule has 1 aromatic carbocycles. The Morgan fingerprint density at radius 1 is 1.45 bits per heavy atom. The van der Waals surface area contributed by atoms with Crippen LogP contribution in [0.2, 0.25) is 0 Å². The molecule has 1 fully saturated rings.